The molecule has 0 heterocycles. The summed E-state index contributed by atoms with van der Waals surface area (Å²) in [5.41, 5.74) is -4.27. The molecule has 0 bridgehead atoms. The molecule has 28 heavy (non-hydrogen) atoms. The minimum Gasteiger partial charge on any atom is -0.460 e. The molecule has 2 aliphatic carbocycles. The van der Waals surface area contributed by atoms with E-state index in [1.165, 1.54) is 0 Å². The summed E-state index contributed by atoms with van der Waals surface area (Å²) < 4.78 is 16.4. The number of Topliss-reactive ketones (excluding diaryl/α,β-unsaturated/α-hetero) is 1. The maximum absolute atomic E-state index is 13.1. The van der Waals surface area contributed by atoms with Crippen molar-refractivity contribution in [2.45, 2.75) is 85.5 Å². The minimum atomic E-state index is -1.82. The lowest BCUT2D eigenvalue weighted by Gasteiger charge is -2.33. The summed E-state index contributed by atoms with van der Waals surface area (Å²) in [6, 6.07) is 0. The van der Waals surface area contributed by atoms with E-state index >= 15 is 0 Å². The number of esters is 3. The highest BCUT2D eigenvalue weighted by atomic mass is 16.6. The van der Waals surface area contributed by atoms with Crippen molar-refractivity contribution in [2.75, 3.05) is 0 Å². The highest BCUT2D eigenvalue weighted by Gasteiger charge is 2.79. The quantitative estimate of drug-likeness (QED) is 0.411. The van der Waals surface area contributed by atoms with Gasteiger partial charge in [-0.05, 0) is 62.3 Å². The number of fused-ring (bicyclic) bond motifs is 1. The van der Waals surface area contributed by atoms with Crippen LogP contribution in [-0.2, 0) is 33.4 Å². The molecule has 0 aromatic rings. The highest BCUT2D eigenvalue weighted by Crippen LogP contribution is 2.66. The van der Waals surface area contributed by atoms with Gasteiger partial charge in [0, 0.05) is 18.3 Å². The second-order valence-corrected chi connectivity index (χ2v) is 10.7. The van der Waals surface area contributed by atoms with Crippen LogP contribution in [0, 0.1) is 23.2 Å². The van der Waals surface area contributed by atoms with Crippen LogP contribution < -0.4 is 0 Å². The van der Waals surface area contributed by atoms with Gasteiger partial charge in [-0.15, -0.1) is 0 Å². The SMILES string of the molecule is CC(C)(C)OC(=O)[C@H]1[C@@H]2C(=O)CC(C(=O)OC(C)(C)C)(C(=O)OC(C)(C)C)[C@@H]21. The van der Waals surface area contributed by atoms with Crippen LogP contribution in [0.2, 0.25) is 0 Å². The average molecular weight is 396 g/mol. The Morgan fingerprint density at radius 3 is 1.54 bits per heavy atom. The van der Waals surface area contributed by atoms with Gasteiger partial charge in [0.2, 0.25) is 0 Å². The van der Waals surface area contributed by atoms with E-state index in [4.69, 9.17) is 14.2 Å². The second-order valence-electron chi connectivity index (χ2n) is 10.7. The van der Waals surface area contributed by atoms with E-state index in [1.54, 1.807) is 62.3 Å². The number of ketones is 1. The standard InChI is InChI=1S/C21H32O7/c1-18(2,3)26-15(23)13-12-11(22)10-21(14(12)13,16(24)27-19(4,5)6)17(25)28-20(7,8)9/h12-14H,10H2,1-9H3/t12-,13-,14-/m0/s1. The van der Waals surface area contributed by atoms with Crippen molar-refractivity contribution >= 4 is 23.7 Å². The van der Waals surface area contributed by atoms with E-state index in [0.29, 0.717) is 0 Å². The first-order chi connectivity index (χ1) is 12.4. The van der Waals surface area contributed by atoms with Gasteiger partial charge in [-0.1, -0.05) is 0 Å². The van der Waals surface area contributed by atoms with Crippen LogP contribution in [0.1, 0.15) is 68.7 Å². The number of rotatable bonds is 3. The molecule has 0 unspecified atom stereocenters. The first-order valence-corrected chi connectivity index (χ1v) is 9.61. The summed E-state index contributed by atoms with van der Waals surface area (Å²) >= 11 is 0. The van der Waals surface area contributed by atoms with Gasteiger partial charge in [-0.2, -0.15) is 0 Å². The van der Waals surface area contributed by atoms with Gasteiger partial charge in [0.15, 0.2) is 5.41 Å². The zero-order chi connectivity index (χ0) is 21.9. The van der Waals surface area contributed by atoms with E-state index in [2.05, 4.69) is 0 Å². The van der Waals surface area contributed by atoms with Crippen molar-refractivity contribution in [2.24, 2.45) is 23.2 Å². The van der Waals surface area contributed by atoms with E-state index in [0.717, 1.165) is 0 Å². The Kier molecular flexibility index (Phi) is 5.24. The lowest BCUT2D eigenvalue weighted by Crippen LogP contribution is -2.48. The zero-order valence-corrected chi connectivity index (χ0v) is 18.3. The lowest BCUT2D eigenvalue weighted by molar-refractivity contribution is -0.188. The minimum absolute atomic E-state index is 0.308. The highest BCUT2D eigenvalue weighted by molar-refractivity contribution is 6.12. The average Bonchev–Trinajstić information content (AvgIpc) is 3.07. The first kappa shape index (κ1) is 22.4. The van der Waals surface area contributed by atoms with Crippen molar-refractivity contribution in [1.29, 1.82) is 0 Å². The summed E-state index contributed by atoms with van der Waals surface area (Å²) in [4.78, 5) is 51.5. The van der Waals surface area contributed by atoms with Gasteiger partial charge in [-0.25, -0.2) is 0 Å². The van der Waals surface area contributed by atoms with Crippen LogP contribution in [0.4, 0.5) is 0 Å². The third-order valence-corrected chi connectivity index (χ3v) is 4.62. The van der Waals surface area contributed by atoms with Crippen molar-refractivity contribution in [1.82, 2.24) is 0 Å². The number of hydrogen-bond acceptors (Lipinski definition) is 7. The van der Waals surface area contributed by atoms with Crippen molar-refractivity contribution in [3.05, 3.63) is 0 Å². The molecule has 0 N–H and O–H groups in total. The Bertz CT molecular complexity index is 672. The molecule has 2 saturated carbocycles. The Balaban J connectivity index is 2.42. The van der Waals surface area contributed by atoms with Gasteiger partial charge in [0.25, 0.3) is 0 Å². The van der Waals surface area contributed by atoms with Crippen molar-refractivity contribution < 1.29 is 33.4 Å². The molecular weight excluding hydrogens is 364 g/mol. The van der Waals surface area contributed by atoms with Crippen molar-refractivity contribution in [3.8, 4) is 0 Å². The maximum Gasteiger partial charge on any atom is 0.324 e. The second kappa shape index (κ2) is 6.56. The van der Waals surface area contributed by atoms with E-state index in [9.17, 15) is 19.2 Å². The van der Waals surface area contributed by atoms with Gasteiger partial charge in [0.1, 0.15) is 22.6 Å². The molecule has 7 heteroatoms. The van der Waals surface area contributed by atoms with Gasteiger partial charge in [0.05, 0.1) is 5.92 Å². The predicted molar refractivity (Wildman–Crippen MR) is 100 cm³/mol. The van der Waals surface area contributed by atoms with Crippen LogP contribution in [0.25, 0.3) is 0 Å². The van der Waals surface area contributed by atoms with E-state index < -0.39 is 57.9 Å². The van der Waals surface area contributed by atoms with Crippen LogP contribution in [-0.4, -0.2) is 40.5 Å². The molecule has 2 aliphatic rings. The van der Waals surface area contributed by atoms with Gasteiger partial charge >= 0.3 is 17.9 Å². The Morgan fingerprint density at radius 1 is 0.786 bits per heavy atom. The molecule has 0 aliphatic heterocycles. The molecule has 0 saturated heterocycles. The van der Waals surface area contributed by atoms with E-state index in [-0.39, 0.29) is 12.2 Å². The summed E-state index contributed by atoms with van der Waals surface area (Å²) in [6.07, 6.45) is -0.314. The lowest BCUT2D eigenvalue weighted by atomic mass is 9.80. The molecule has 0 spiro atoms. The molecule has 0 radical (unpaired) electrons. The topological polar surface area (TPSA) is 96.0 Å². The number of hydrogen-bond donors (Lipinski definition) is 0. The number of carbonyl (C=O) groups is 4. The summed E-state index contributed by atoms with van der Waals surface area (Å²) in [5, 5.41) is 0. The first-order valence-electron chi connectivity index (χ1n) is 9.61. The molecule has 7 nitrogen and oxygen atoms in total. The Morgan fingerprint density at radius 2 is 1.18 bits per heavy atom. The van der Waals surface area contributed by atoms with Crippen molar-refractivity contribution in [3.63, 3.8) is 0 Å². The molecule has 158 valence electrons. The fourth-order valence-corrected chi connectivity index (χ4v) is 3.74. The molecule has 0 amide bonds. The maximum atomic E-state index is 13.1. The predicted octanol–water partition coefficient (Wildman–Crippen LogP) is 2.83. The zero-order valence-electron chi connectivity index (χ0n) is 18.3. The molecular formula is C21H32O7. The van der Waals surface area contributed by atoms with Crippen LogP contribution >= 0.6 is 0 Å². The molecule has 0 aromatic heterocycles. The third kappa shape index (κ3) is 4.39. The normalized spacial score (nSPS) is 26.3. The molecule has 3 atom stereocenters. The van der Waals surface area contributed by atoms with E-state index in [1.807, 2.05) is 0 Å². The monoisotopic (exact) mass is 396 g/mol. The Hall–Kier alpha value is -1.92. The molecule has 2 rings (SSSR count). The number of ether oxygens (including phenoxy) is 3. The summed E-state index contributed by atoms with van der Waals surface area (Å²) in [7, 11) is 0. The third-order valence-electron chi connectivity index (χ3n) is 4.62. The largest absolute Gasteiger partial charge is 0.460 e. The van der Waals surface area contributed by atoms with Gasteiger partial charge < -0.3 is 14.2 Å². The fourth-order valence-electron chi connectivity index (χ4n) is 3.74. The summed E-state index contributed by atoms with van der Waals surface area (Å²) in [5.74, 6) is -4.86. The summed E-state index contributed by atoms with van der Waals surface area (Å²) in [6.45, 7) is 15.3. The van der Waals surface area contributed by atoms with Crippen LogP contribution in [0.5, 0.6) is 0 Å². The number of carbonyl (C=O) groups excluding carboxylic acids is 4. The fraction of sp³-hybridized carbons (Fsp3) is 0.810. The molecule has 2 fully saturated rings. The van der Waals surface area contributed by atoms with Crippen LogP contribution in [0.3, 0.4) is 0 Å². The van der Waals surface area contributed by atoms with Gasteiger partial charge in [-0.3, -0.25) is 19.2 Å². The Labute approximate surface area is 166 Å². The van der Waals surface area contributed by atoms with Crippen LogP contribution in [0.15, 0.2) is 0 Å². The smallest absolute Gasteiger partial charge is 0.324 e. The molecule has 0 aromatic carbocycles.